The second-order valence-electron chi connectivity index (χ2n) is 9.02. The number of anilines is 1. The number of amides is 2. The third-order valence-electron chi connectivity index (χ3n) is 6.56. The summed E-state index contributed by atoms with van der Waals surface area (Å²) in [5, 5.41) is 21.6. The van der Waals surface area contributed by atoms with Gasteiger partial charge in [0.25, 0.3) is 5.91 Å². The van der Waals surface area contributed by atoms with Crippen LogP contribution in [-0.2, 0) is 6.54 Å². The normalized spacial score (nSPS) is 13.4. The summed E-state index contributed by atoms with van der Waals surface area (Å²) in [6.45, 7) is 0.273. The van der Waals surface area contributed by atoms with Crippen molar-refractivity contribution in [1.29, 1.82) is 0 Å². The SMILES string of the molecule is O=C(Nc1ccc(-c2cc(C3CCCC3)n(C(=O)NCc3ccccc3Cl)n2)c(O)c1)c1ccncc1. The third kappa shape index (κ3) is 5.49. The van der Waals surface area contributed by atoms with E-state index in [2.05, 4.69) is 20.7 Å². The van der Waals surface area contributed by atoms with Crippen LogP contribution in [0.5, 0.6) is 5.75 Å². The van der Waals surface area contributed by atoms with Crippen molar-refractivity contribution in [3.63, 3.8) is 0 Å². The summed E-state index contributed by atoms with van der Waals surface area (Å²) in [5.74, 6) is -0.141. The Balaban J connectivity index is 1.39. The molecule has 1 aliphatic carbocycles. The van der Waals surface area contributed by atoms with Gasteiger partial charge in [-0.2, -0.15) is 9.78 Å². The van der Waals surface area contributed by atoms with E-state index in [1.807, 2.05) is 24.3 Å². The molecule has 9 heteroatoms. The first-order valence-electron chi connectivity index (χ1n) is 12.2. The molecule has 2 aromatic heterocycles. The molecule has 0 saturated heterocycles. The first-order chi connectivity index (χ1) is 18.0. The van der Waals surface area contributed by atoms with Crippen LogP contribution in [0.4, 0.5) is 10.5 Å². The molecule has 0 unspecified atom stereocenters. The summed E-state index contributed by atoms with van der Waals surface area (Å²) in [5.41, 5.74) is 3.49. The van der Waals surface area contributed by atoms with Gasteiger partial charge in [-0.05, 0) is 54.8 Å². The standard InChI is InChI=1S/C28H26ClN5O3/c29-23-8-4-3-7-20(23)17-31-28(37)34-25(18-5-1-2-6-18)16-24(33-34)22-10-9-21(15-26(22)35)32-27(36)19-11-13-30-14-12-19/h3-4,7-16,18,35H,1-2,5-6,17H2,(H,31,37)(H,32,36). The monoisotopic (exact) mass is 515 g/mol. The van der Waals surface area contributed by atoms with Crippen molar-refractivity contribution in [2.45, 2.75) is 38.1 Å². The molecule has 2 heterocycles. The minimum absolute atomic E-state index is 0.0494. The van der Waals surface area contributed by atoms with Crippen molar-refractivity contribution in [2.24, 2.45) is 0 Å². The van der Waals surface area contributed by atoms with Crippen LogP contribution < -0.4 is 10.6 Å². The van der Waals surface area contributed by atoms with Crippen LogP contribution >= 0.6 is 11.6 Å². The highest BCUT2D eigenvalue weighted by Crippen LogP contribution is 2.38. The molecule has 4 aromatic rings. The van der Waals surface area contributed by atoms with Gasteiger partial charge < -0.3 is 15.7 Å². The lowest BCUT2D eigenvalue weighted by Crippen LogP contribution is -2.30. The van der Waals surface area contributed by atoms with Crippen LogP contribution in [0.3, 0.4) is 0 Å². The summed E-state index contributed by atoms with van der Waals surface area (Å²) in [4.78, 5) is 29.5. The number of hydrogen-bond donors (Lipinski definition) is 3. The topological polar surface area (TPSA) is 109 Å². The third-order valence-corrected chi connectivity index (χ3v) is 6.93. The molecule has 1 aliphatic rings. The molecule has 0 radical (unpaired) electrons. The number of aromatic hydroxyl groups is 1. The quantitative estimate of drug-likeness (QED) is 0.293. The number of phenols is 1. The summed E-state index contributed by atoms with van der Waals surface area (Å²) in [7, 11) is 0. The Bertz CT molecular complexity index is 1430. The number of halogens is 1. The first-order valence-corrected chi connectivity index (χ1v) is 12.5. The summed E-state index contributed by atoms with van der Waals surface area (Å²) >= 11 is 6.24. The Labute approximate surface area is 219 Å². The second-order valence-corrected chi connectivity index (χ2v) is 9.43. The minimum atomic E-state index is -0.353. The van der Waals surface area contributed by atoms with Crippen LogP contribution in [0.2, 0.25) is 5.02 Å². The van der Waals surface area contributed by atoms with Gasteiger partial charge in [0.1, 0.15) is 5.75 Å². The highest BCUT2D eigenvalue weighted by atomic mass is 35.5. The number of nitrogens with zero attached hydrogens (tertiary/aromatic N) is 3. The van der Waals surface area contributed by atoms with Crippen LogP contribution in [0.25, 0.3) is 11.3 Å². The van der Waals surface area contributed by atoms with Gasteiger partial charge in [0.15, 0.2) is 0 Å². The average Bonchev–Trinajstić information content (AvgIpc) is 3.59. The molecular formula is C28H26ClN5O3. The number of benzene rings is 2. The molecule has 37 heavy (non-hydrogen) atoms. The first kappa shape index (κ1) is 24.5. The van der Waals surface area contributed by atoms with Gasteiger partial charge in [0.2, 0.25) is 0 Å². The van der Waals surface area contributed by atoms with E-state index in [1.165, 1.54) is 10.7 Å². The van der Waals surface area contributed by atoms with E-state index in [1.54, 1.807) is 42.7 Å². The fourth-order valence-corrected chi connectivity index (χ4v) is 4.82. The van der Waals surface area contributed by atoms with Gasteiger partial charge in [0, 0.05) is 52.8 Å². The second kappa shape index (κ2) is 10.8. The van der Waals surface area contributed by atoms with E-state index in [-0.39, 0.29) is 30.2 Å². The smallest absolute Gasteiger partial charge is 0.342 e. The minimum Gasteiger partial charge on any atom is -0.507 e. The van der Waals surface area contributed by atoms with Gasteiger partial charge in [-0.1, -0.05) is 42.6 Å². The molecule has 0 aliphatic heterocycles. The highest BCUT2D eigenvalue weighted by Gasteiger charge is 2.26. The number of phenolic OH excluding ortho intramolecular Hbond substituents is 1. The predicted molar refractivity (Wildman–Crippen MR) is 142 cm³/mol. The molecule has 8 nitrogen and oxygen atoms in total. The number of pyridine rings is 1. The molecule has 2 aromatic carbocycles. The number of hydrogen-bond acceptors (Lipinski definition) is 5. The maximum atomic E-state index is 13.2. The van der Waals surface area contributed by atoms with Crippen LogP contribution in [0.1, 0.15) is 53.2 Å². The van der Waals surface area contributed by atoms with Crippen molar-refractivity contribution >= 4 is 29.2 Å². The van der Waals surface area contributed by atoms with Crippen LogP contribution in [-0.4, -0.2) is 31.8 Å². The molecule has 0 bridgehead atoms. The molecule has 0 atom stereocenters. The Morgan fingerprint density at radius 1 is 1.03 bits per heavy atom. The molecular weight excluding hydrogens is 490 g/mol. The lowest BCUT2D eigenvalue weighted by molar-refractivity contribution is 0.102. The molecule has 1 saturated carbocycles. The number of carbonyl (C=O) groups excluding carboxylic acids is 2. The highest BCUT2D eigenvalue weighted by molar-refractivity contribution is 6.31. The predicted octanol–water partition coefficient (Wildman–Crippen LogP) is 5.97. The van der Waals surface area contributed by atoms with E-state index < -0.39 is 0 Å². The van der Waals surface area contributed by atoms with Gasteiger partial charge in [-0.3, -0.25) is 9.78 Å². The molecule has 188 valence electrons. The summed E-state index contributed by atoms with van der Waals surface area (Å²) in [6, 6.07) is 16.9. The van der Waals surface area contributed by atoms with E-state index >= 15 is 0 Å². The van der Waals surface area contributed by atoms with Gasteiger partial charge in [0.05, 0.1) is 11.4 Å². The van der Waals surface area contributed by atoms with Crippen molar-refractivity contribution in [1.82, 2.24) is 20.1 Å². The zero-order valence-corrected chi connectivity index (χ0v) is 20.8. The van der Waals surface area contributed by atoms with Crippen molar-refractivity contribution < 1.29 is 14.7 Å². The Morgan fingerprint density at radius 3 is 2.51 bits per heavy atom. The van der Waals surface area contributed by atoms with Gasteiger partial charge in [-0.25, -0.2) is 4.79 Å². The number of carbonyl (C=O) groups is 2. The van der Waals surface area contributed by atoms with E-state index in [0.29, 0.717) is 27.5 Å². The van der Waals surface area contributed by atoms with E-state index in [0.717, 1.165) is 36.9 Å². The fraction of sp³-hybridized carbons (Fsp3) is 0.214. The number of nitrogens with one attached hydrogen (secondary N) is 2. The van der Waals surface area contributed by atoms with E-state index in [4.69, 9.17) is 11.6 Å². The van der Waals surface area contributed by atoms with Crippen LogP contribution in [0.15, 0.2) is 73.1 Å². The lowest BCUT2D eigenvalue weighted by atomic mass is 10.0. The van der Waals surface area contributed by atoms with Crippen LogP contribution in [0, 0.1) is 0 Å². The van der Waals surface area contributed by atoms with Gasteiger partial charge in [-0.15, -0.1) is 0 Å². The maximum absolute atomic E-state index is 13.2. The Kier molecular flexibility index (Phi) is 7.18. The molecule has 5 rings (SSSR count). The fourth-order valence-electron chi connectivity index (χ4n) is 4.62. The zero-order chi connectivity index (χ0) is 25.8. The zero-order valence-electron chi connectivity index (χ0n) is 20.0. The molecule has 0 spiro atoms. The Morgan fingerprint density at radius 2 is 1.78 bits per heavy atom. The lowest BCUT2D eigenvalue weighted by Gasteiger charge is -2.12. The molecule has 2 amide bonds. The number of aromatic nitrogens is 3. The van der Waals surface area contributed by atoms with Crippen molar-refractivity contribution in [2.75, 3.05) is 5.32 Å². The summed E-state index contributed by atoms with van der Waals surface area (Å²) in [6.07, 6.45) is 7.24. The number of rotatable bonds is 6. The molecule has 1 fully saturated rings. The maximum Gasteiger partial charge on any atom is 0.342 e. The average molecular weight is 516 g/mol. The van der Waals surface area contributed by atoms with Crippen molar-refractivity contribution in [3.8, 4) is 17.0 Å². The Hall–Kier alpha value is -4.17. The van der Waals surface area contributed by atoms with Gasteiger partial charge >= 0.3 is 6.03 Å². The van der Waals surface area contributed by atoms with E-state index in [9.17, 15) is 14.7 Å². The summed E-state index contributed by atoms with van der Waals surface area (Å²) < 4.78 is 1.40. The largest absolute Gasteiger partial charge is 0.507 e. The molecule has 3 N–H and O–H groups in total. The van der Waals surface area contributed by atoms with Crippen molar-refractivity contribution in [3.05, 3.63) is 94.9 Å².